The molecule has 0 unspecified atom stereocenters. The third-order valence-corrected chi connectivity index (χ3v) is 3.27. The molecule has 2 N–H and O–H groups in total. The largest absolute Gasteiger partial charge is 0.376 e. The minimum atomic E-state index is -0.365. The molecule has 0 saturated heterocycles. The first kappa shape index (κ1) is 12.5. The molecule has 1 heterocycles. The first-order valence-electron chi connectivity index (χ1n) is 6.29. The summed E-state index contributed by atoms with van der Waals surface area (Å²) >= 11 is 0. The highest BCUT2D eigenvalue weighted by molar-refractivity contribution is 5.83. The number of rotatable bonds is 2. The van der Waals surface area contributed by atoms with Gasteiger partial charge in [-0.15, -0.1) is 0 Å². The summed E-state index contributed by atoms with van der Waals surface area (Å²) in [6, 6.07) is 12.7. The molecule has 3 aromatic rings. The van der Waals surface area contributed by atoms with Crippen LogP contribution in [0.3, 0.4) is 0 Å². The fourth-order valence-electron chi connectivity index (χ4n) is 2.37. The first-order valence-corrected chi connectivity index (χ1v) is 6.29. The lowest BCUT2D eigenvalue weighted by Gasteiger charge is -2.18. The van der Waals surface area contributed by atoms with Gasteiger partial charge in [-0.25, -0.2) is 9.37 Å². The van der Waals surface area contributed by atoms with Crippen LogP contribution >= 0.6 is 0 Å². The molecule has 0 aliphatic heterocycles. The Labute approximate surface area is 116 Å². The number of hydrogen-bond acceptors (Lipinski definition) is 3. The molecule has 0 fully saturated rings. The van der Waals surface area contributed by atoms with E-state index in [1.54, 1.807) is 10.6 Å². The third kappa shape index (κ3) is 1.79. The Bertz CT molecular complexity index is 777. The number of nitrogen functional groups attached to an aromatic ring is 1. The molecule has 0 atom stereocenters. The van der Waals surface area contributed by atoms with Crippen LogP contribution in [0.4, 0.5) is 16.0 Å². The molecule has 5 heteroatoms. The highest BCUT2D eigenvalue weighted by atomic mass is 19.1. The van der Waals surface area contributed by atoms with Crippen molar-refractivity contribution in [1.29, 1.82) is 0 Å². The van der Waals surface area contributed by atoms with Crippen LogP contribution in [0.5, 0.6) is 0 Å². The van der Waals surface area contributed by atoms with Gasteiger partial charge in [0, 0.05) is 14.1 Å². The summed E-state index contributed by atoms with van der Waals surface area (Å²) < 4.78 is 15.6. The van der Waals surface area contributed by atoms with E-state index in [0.717, 1.165) is 11.4 Å². The summed E-state index contributed by atoms with van der Waals surface area (Å²) in [5.74, 6) is -0.0883. The van der Waals surface area contributed by atoms with E-state index in [-0.39, 0.29) is 11.8 Å². The number of nitrogens with zero attached hydrogens (tertiary/aromatic N) is 3. The van der Waals surface area contributed by atoms with Crippen LogP contribution < -0.4 is 10.6 Å². The second-order valence-electron chi connectivity index (χ2n) is 4.80. The van der Waals surface area contributed by atoms with Crippen molar-refractivity contribution in [2.24, 2.45) is 0 Å². The van der Waals surface area contributed by atoms with Gasteiger partial charge in [0.25, 0.3) is 0 Å². The molecule has 0 aliphatic rings. The van der Waals surface area contributed by atoms with Crippen LogP contribution in [0.15, 0.2) is 42.5 Å². The van der Waals surface area contributed by atoms with Gasteiger partial charge in [-0.3, -0.25) is 4.57 Å². The monoisotopic (exact) mass is 270 g/mol. The number of nitrogens with two attached hydrogens (primary N) is 1. The highest BCUT2D eigenvalue weighted by Crippen LogP contribution is 2.30. The van der Waals surface area contributed by atoms with Crippen molar-refractivity contribution in [3.63, 3.8) is 0 Å². The molecular formula is C15H15FN4. The summed E-state index contributed by atoms with van der Waals surface area (Å²) in [6.45, 7) is 0. The fourth-order valence-corrected chi connectivity index (χ4v) is 2.37. The minimum absolute atomic E-state index is 0.277. The maximum absolute atomic E-state index is 13.8. The molecule has 0 radical (unpaired) electrons. The van der Waals surface area contributed by atoms with Crippen molar-refractivity contribution >= 4 is 22.7 Å². The van der Waals surface area contributed by atoms with E-state index in [9.17, 15) is 4.39 Å². The van der Waals surface area contributed by atoms with E-state index in [4.69, 9.17) is 5.73 Å². The summed E-state index contributed by atoms with van der Waals surface area (Å²) in [5, 5.41) is 0. The predicted octanol–water partition coefficient (Wildman–Crippen LogP) is 2.81. The van der Waals surface area contributed by atoms with Gasteiger partial charge in [0.15, 0.2) is 5.82 Å². The van der Waals surface area contributed by atoms with Gasteiger partial charge in [-0.1, -0.05) is 18.2 Å². The molecule has 0 spiro atoms. The average Bonchev–Trinajstić information content (AvgIpc) is 2.76. The lowest BCUT2D eigenvalue weighted by Crippen LogP contribution is -2.13. The molecule has 2 aromatic carbocycles. The quantitative estimate of drug-likeness (QED) is 0.779. The van der Waals surface area contributed by atoms with Crippen LogP contribution in [-0.2, 0) is 0 Å². The molecule has 4 nitrogen and oxygen atoms in total. The number of hydrogen-bond donors (Lipinski definition) is 1. The molecule has 102 valence electrons. The summed E-state index contributed by atoms with van der Waals surface area (Å²) in [6.07, 6.45) is 0. The van der Waals surface area contributed by atoms with E-state index in [1.165, 1.54) is 6.07 Å². The molecule has 0 amide bonds. The van der Waals surface area contributed by atoms with Gasteiger partial charge in [-0.2, -0.15) is 0 Å². The Kier molecular flexibility index (Phi) is 2.82. The van der Waals surface area contributed by atoms with Crippen LogP contribution in [0.1, 0.15) is 0 Å². The van der Waals surface area contributed by atoms with E-state index < -0.39 is 0 Å². The van der Waals surface area contributed by atoms with E-state index >= 15 is 0 Å². The number of benzene rings is 2. The van der Waals surface area contributed by atoms with E-state index in [2.05, 4.69) is 4.98 Å². The minimum Gasteiger partial charge on any atom is -0.376 e. The molecular weight excluding hydrogens is 255 g/mol. The van der Waals surface area contributed by atoms with Crippen molar-refractivity contribution in [2.75, 3.05) is 24.7 Å². The molecule has 0 bridgehead atoms. The zero-order valence-corrected chi connectivity index (χ0v) is 11.3. The number of aromatic nitrogens is 2. The highest BCUT2D eigenvalue weighted by Gasteiger charge is 2.15. The Morgan fingerprint density at radius 3 is 2.60 bits per heavy atom. The van der Waals surface area contributed by atoms with Gasteiger partial charge in [0.1, 0.15) is 5.52 Å². The van der Waals surface area contributed by atoms with Gasteiger partial charge in [-0.05, 0) is 24.3 Å². The zero-order valence-electron chi connectivity index (χ0n) is 11.3. The van der Waals surface area contributed by atoms with Gasteiger partial charge >= 0.3 is 0 Å². The van der Waals surface area contributed by atoms with Crippen molar-refractivity contribution in [3.8, 4) is 5.69 Å². The maximum atomic E-state index is 13.8. The number of anilines is 2. The summed E-state index contributed by atoms with van der Waals surface area (Å²) in [5.41, 5.74) is 8.81. The second kappa shape index (κ2) is 4.52. The van der Waals surface area contributed by atoms with Crippen LogP contribution in [-0.4, -0.2) is 23.6 Å². The normalized spacial score (nSPS) is 10.9. The van der Waals surface area contributed by atoms with E-state index in [0.29, 0.717) is 11.0 Å². The van der Waals surface area contributed by atoms with Gasteiger partial charge < -0.3 is 10.6 Å². The number of para-hydroxylation sites is 3. The Morgan fingerprint density at radius 2 is 1.85 bits per heavy atom. The van der Waals surface area contributed by atoms with Crippen LogP contribution in [0.25, 0.3) is 16.7 Å². The number of imidazole rings is 1. The Balaban J connectivity index is 2.36. The summed E-state index contributed by atoms with van der Waals surface area (Å²) in [4.78, 5) is 6.12. The van der Waals surface area contributed by atoms with Gasteiger partial charge in [0.05, 0.1) is 16.9 Å². The fraction of sp³-hybridized carbons (Fsp3) is 0.133. The summed E-state index contributed by atoms with van der Waals surface area (Å²) in [7, 11) is 3.91. The maximum Gasteiger partial charge on any atom is 0.206 e. The molecule has 20 heavy (non-hydrogen) atoms. The molecule has 0 saturated carbocycles. The van der Waals surface area contributed by atoms with Crippen molar-refractivity contribution in [1.82, 2.24) is 9.55 Å². The topological polar surface area (TPSA) is 47.1 Å². The second-order valence-corrected chi connectivity index (χ2v) is 4.80. The smallest absolute Gasteiger partial charge is 0.206 e. The van der Waals surface area contributed by atoms with Crippen LogP contribution in [0, 0.1) is 5.82 Å². The first-order chi connectivity index (χ1) is 9.59. The van der Waals surface area contributed by atoms with Gasteiger partial charge in [0.2, 0.25) is 5.95 Å². The molecule has 1 aromatic heterocycles. The SMILES string of the molecule is CN(C)c1ccccc1-n1c(N)nc2c(F)cccc21. The predicted molar refractivity (Wildman–Crippen MR) is 79.8 cm³/mol. The number of fused-ring (bicyclic) bond motifs is 1. The molecule has 3 rings (SSSR count). The van der Waals surface area contributed by atoms with Crippen LogP contribution in [0.2, 0.25) is 0 Å². The standard InChI is InChI=1S/C15H15FN4/c1-19(2)11-7-3-4-8-12(11)20-13-9-5-6-10(16)14(13)18-15(20)17/h3-9H,1-2H3,(H2,17,18). The van der Waals surface area contributed by atoms with E-state index in [1.807, 2.05) is 49.3 Å². The lowest BCUT2D eigenvalue weighted by molar-refractivity contribution is 0.637. The number of halogens is 1. The van der Waals surface area contributed by atoms with Crippen molar-refractivity contribution in [3.05, 3.63) is 48.3 Å². The van der Waals surface area contributed by atoms with Crippen molar-refractivity contribution < 1.29 is 4.39 Å². The zero-order chi connectivity index (χ0) is 14.3. The van der Waals surface area contributed by atoms with Crippen molar-refractivity contribution in [2.45, 2.75) is 0 Å². The Hall–Kier alpha value is -2.56. The average molecular weight is 270 g/mol. The lowest BCUT2D eigenvalue weighted by atomic mass is 10.2. The molecule has 0 aliphatic carbocycles. The Morgan fingerprint density at radius 1 is 1.10 bits per heavy atom. The third-order valence-electron chi connectivity index (χ3n) is 3.27.